The van der Waals surface area contributed by atoms with Gasteiger partial charge in [0.1, 0.15) is 5.69 Å². The van der Waals surface area contributed by atoms with E-state index in [0.29, 0.717) is 10.9 Å². The van der Waals surface area contributed by atoms with Crippen LogP contribution in [0.2, 0.25) is 0 Å². The van der Waals surface area contributed by atoms with Crippen molar-refractivity contribution in [3.63, 3.8) is 0 Å². The molecule has 0 spiro atoms. The molecule has 0 saturated carbocycles. The Morgan fingerprint density at radius 3 is 2.45 bits per heavy atom. The molecule has 0 bridgehead atoms. The Balaban J connectivity index is 2.08. The summed E-state index contributed by atoms with van der Waals surface area (Å²) < 4.78 is 31.0. The zero-order valence-electron chi connectivity index (χ0n) is 18.6. The summed E-state index contributed by atoms with van der Waals surface area (Å²) in [5.74, 6) is 0.0952. The number of rotatable bonds is 9. The number of sulfonamides is 1. The third kappa shape index (κ3) is 5.15. The molecular formula is C22H29N3O3S3. The molecule has 1 unspecified atom stereocenters. The van der Waals surface area contributed by atoms with Gasteiger partial charge in [-0.15, -0.1) is 23.1 Å². The molecule has 31 heavy (non-hydrogen) atoms. The summed E-state index contributed by atoms with van der Waals surface area (Å²) in [6.45, 7) is 10.1. The molecule has 2 heterocycles. The van der Waals surface area contributed by atoms with Crippen LogP contribution in [0.4, 0.5) is 5.82 Å². The highest BCUT2D eigenvalue weighted by molar-refractivity contribution is 8.01. The van der Waals surface area contributed by atoms with Crippen LogP contribution < -0.4 is 10.4 Å². The number of benzene rings is 1. The predicted molar refractivity (Wildman–Crippen MR) is 130 cm³/mol. The second-order valence-corrected chi connectivity index (χ2v) is 12.1. The van der Waals surface area contributed by atoms with Gasteiger partial charge in [0.15, 0.2) is 5.82 Å². The zero-order valence-corrected chi connectivity index (χ0v) is 21.0. The van der Waals surface area contributed by atoms with E-state index in [-0.39, 0.29) is 10.7 Å². The van der Waals surface area contributed by atoms with Gasteiger partial charge in [0.25, 0.3) is 10.0 Å². The molecule has 168 valence electrons. The zero-order chi connectivity index (χ0) is 22.8. The highest BCUT2D eigenvalue weighted by Gasteiger charge is 2.27. The maximum atomic E-state index is 13.0. The monoisotopic (exact) mass is 479 g/mol. The average molecular weight is 480 g/mol. The third-order valence-electron chi connectivity index (χ3n) is 5.30. The first-order valence-electron chi connectivity index (χ1n) is 10.5. The van der Waals surface area contributed by atoms with Crippen LogP contribution in [-0.2, 0) is 10.0 Å². The fourth-order valence-electron chi connectivity index (χ4n) is 3.30. The van der Waals surface area contributed by atoms with Crippen LogP contribution in [-0.4, -0.2) is 23.2 Å². The lowest BCUT2D eigenvalue weighted by atomic mass is 10.2. The minimum atomic E-state index is -3.87. The minimum Gasteiger partial charge on any atom is -0.261 e. The lowest BCUT2D eigenvalue weighted by Gasteiger charge is -2.19. The second-order valence-electron chi connectivity index (χ2n) is 7.67. The number of fused-ring (bicyclic) bond motifs is 1. The van der Waals surface area contributed by atoms with E-state index in [9.17, 15) is 13.2 Å². The maximum absolute atomic E-state index is 13.0. The van der Waals surface area contributed by atoms with Crippen molar-refractivity contribution in [1.82, 2.24) is 9.55 Å². The van der Waals surface area contributed by atoms with Crippen molar-refractivity contribution in [3.05, 3.63) is 50.9 Å². The van der Waals surface area contributed by atoms with Crippen LogP contribution in [0.1, 0.15) is 55.7 Å². The van der Waals surface area contributed by atoms with E-state index in [4.69, 9.17) is 0 Å². The van der Waals surface area contributed by atoms with Crippen LogP contribution in [0, 0.1) is 20.8 Å². The molecule has 6 nitrogen and oxygen atoms in total. The molecule has 0 aromatic heterocycles. The Morgan fingerprint density at radius 2 is 1.84 bits per heavy atom. The first kappa shape index (κ1) is 23.8. The van der Waals surface area contributed by atoms with Gasteiger partial charge in [-0.1, -0.05) is 44.4 Å². The van der Waals surface area contributed by atoms with Crippen molar-refractivity contribution in [3.8, 4) is 5.69 Å². The maximum Gasteiger partial charge on any atom is 0.354 e. The summed E-state index contributed by atoms with van der Waals surface area (Å²) in [7, 11) is -3.87. The van der Waals surface area contributed by atoms with E-state index in [2.05, 4.69) is 23.6 Å². The lowest BCUT2D eigenvalue weighted by molar-refractivity contribution is 0.601. The first-order valence-corrected chi connectivity index (χ1v) is 13.6. The van der Waals surface area contributed by atoms with Crippen molar-refractivity contribution >= 4 is 38.9 Å². The van der Waals surface area contributed by atoms with Gasteiger partial charge in [-0.2, -0.15) is 4.98 Å². The normalized spacial score (nSPS) is 12.9. The third-order valence-corrected chi connectivity index (χ3v) is 9.49. The largest absolute Gasteiger partial charge is 0.354 e. The molecule has 1 aromatic carbocycles. The van der Waals surface area contributed by atoms with Crippen molar-refractivity contribution in [2.45, 2.75) is 74.7 Å². The van der Waals surface area contributed by atoms with Gasteiger partial charge >= 0.3 is 5.69 Å². The summed E-state index contributed by atoms with van der Waals surface area (Å²) in [6, 6.07) is 6.60. The number of nitrogens with one attached hydrogen (secondary N) is 1. The van der Waals surface area contributed by atoms with E-state index in [0.717, 1.165) is 46.0 Å². The fourth-order valence-corrected chi connectivity index (χ4v) is 7.14. The second kappa shape index (κ2) is 9.75. The van der Waals surface area contributed by atoms with E-state index in [1.165, 1.54) is 4.57 Å². The number of unbranched alkanes of at least 4 members (excludes halogenated alkanes) is 1. The predicted octanol–water partition coefficient (Wildman–Crippen LogP) is 5.52. The van der Waals surface area contributed by atoms with Crippen LogP contribution in [0.15, 0.2) is 38.2 Å². The molecule has 1 atom stereocenters. The molecule has 1 aromatic rings. The molecule has 1 N–H and O–H groups in total. The summed E-state index contributed by atoms with van der Waals surface area (Å²) in [6.07, 6.45) is 4.34. The molecule has 0 fully saturated rings. The Morgan fingerprint density at radius 1 is 1.16 bits per heavy atom. The Kier molecular flexibility index (Phi) is 7.49. The number of anilines is 1. The molecule has 0 amide bonds. The summed E-state index contributed by atoms with van der Waals surface area (Å²) in [5, 5.41) is 0.397. The molecule has 3 rings (SSSR count). The number of aryl methyl sites for hydroxylation is 2. The molecule has 0 radical (unpaired) electrons. The number of hydrogen-bond acceptors (Lipinski definition) is 6. The Bertz CT molecular complexity index is 1180. The molecule has 2 aliphatic rings. The Hall–Kier alpha value is -1.84. The van der Waals surface area contributed by atoms with Crippen molar-refractivity contribution in [2.24, 2.45) is 0 Å². The molecule has 9 heteroatoms. The Labute approximate surface area is 192 Å². The quantitative estimate of drug-likeness (QED) is 0.409. The number of nitrogens with zero attached hydrogens (tertiary/aromatic N) is 2. The molecule has 2 aliphatic heterocycles. The lowest BCUT2D eigenvalue weighted by Crippen LogP contribution is -2.18. The van der Waals surface area contributed by atoms with Gasteiger partial charge in [-0.3, -0.25) is 9.29 Å². The van der Waals surface area contributed by atoms with Crippen LogP contribution >= 0.6 is 23.1 Å². The van der Waals surface area contributed by atoms with Gasteiger partial charge in [0, 0.05) is 15.8 Å². The number of hydrogen-bond donors (Lipinski definition) is 1. The number of thioether (sulfide) groups is 1. The number of aromatic nitrogens is 2. The summed E-state index contributed by atoms with van der Waals surface area (Å²) in [4.78, 5) is 18.0. The van der Waals surface area contributed by atoms with Crippen LogP contribution in [0.3, 0.4) is 0 Å². The summed E-state index contributed by atoms with van der Waals surface area (Å²) >= 11 is 3.31. The molecular weight excluding hydrogens is 450 g/mol. The molecule has 0 aliphatic carbocycles. The van der Waals surface area contributed by atoms with Crippen molar-refractivity contribution in [1.29, 1.82) is 0 Å². The average Bonchev–Trinajstić information content (AvgIpc) is 3.04. The smallest absolute Gasteiger partial charge is 0.261 e. The van der Waals surface area contributed by atoms with Gasteiger partial charge in [-0.25, -0.2) is 13.2 Å². The minimum absolute atomic E-state index is 0.0952. The molecule has 0 saturated heterocycles. The topological polar surface area (TPSA) is 81.1 Å². The van der Waals surface area contributed by atoms with Gasteiger partial charge < -0.3 is 0 Å². The van der Waals surface area contributed by atoms with Crippen molar-refractivity contribution < 1.29 is 8.42 Å². The summed E-state index contributed by atoms with van der Waals surface area (Å²) in [5.41, 5.74) is 1.84. The van der Waals surface area contributed by atoms with E-state index < -0.39 is 15.7 Å². The SMILES string of the molecule is CCCCC(CC)Sc1sc(C)c(C)n2c(=O)nc(NS(=O)(=O)c3ccc(C)cc3)c1-2. The van der Waals surface area contributed by atoms with Gasteiger partial charge in [-0.05, 0) is 45.7 Å². The number of imidazole rings is 1. The van der Waals surface area contributed by atoms with Crippen molar-refractivity contribution in [2.75, 3.05) is 4.72 Å². The van der Waals surface area contributed by atoms with E-state index in [1.54, 1.807) is 47.4 Å². The van der Waals surface area contributed by atoms with Crippen LogP contribution in [0.5, 0.6) is 0 Å². The van der Waals surface area contributed by atoms with Gasteiger partial charge in [0.2, 0.25) is 0 Å². The standard InChI is InChI=1S/C22H29N3O3S3/c1-6-8-9-17(7-2)30-21-19-20(23-22(26)25(19)15(4)16(5)29-21)24-31(27,28)18-12-10-14(3)11-13-18/h10-13,17H,6-9H2,1-5H3,(H,23,24,26). The van der Waals surface area contributed by atoms with Gasteiger partial charge in [0.05, 0.1) is 9.10 Å². The highest BCUT2D eigenvalue weighted by Crippen LogP contribution is 2.41. The van der Waals surface area contributed by atoms with E-state index >= 15 is 0 Å². The highest BCUT2D eigenvalue weighted by atomic mass is 32.2. The van der Waals surface area contributed by atoms with E-state index in [1.807, 2.05) is 20.8 Å². The van der Waals surface area contributed by atoms with Crippen LogP contribution in [0.25, 0.3) is 5.69 Å². The first-order chi connectivity index (χ1) is 14.7. The fraction of sp³-hybridized carbons (Fsp3) is 0.455.